The number of esters is 1. The van der Waals surface area contributed by atoms with Crippen LogP contribution in [0.1, 0.15) is 16.7 Å². The van der Waals surface area contributed by atoms with Crippen LogP contribution < -0.4 is 19.1 Å². The Hall–Kier alpha value is -4.20. The second-order valence-electron chi connectivity index (χ2n) is 8.21. The molecule has 0 spiro atoms. The molecular weight excluding hydrogens is 448 g/mol. The van der Waals surface area contributed by atoms with Gasteiger partial charge in [0.2, 0.25) is 0 Å². The Labute approximate surface area is 203 Å². The fourth-order valence-electron chi connectivity index (χ4n) is 4.36. The molecule has 4 aromatic rings. The summed E-state index contributed by atoms with van der Waals surface area (Å²) in [6.07, 6.45) is 0.353. The molecular formula is C27H26N2O6. The van der Waals surface area contributed by atoms with Gasteiger partial charge in [0.25, 0.3) is 6.01 Å². The number of anilines is 1. The van der Waals surface area contributed by atoms with Crippen LogP contribution in [0.4, 0.5) is 6.01 Å². The summed E-state index contributed by atoms with van der Waals surface area (Å²) < 4.78 is 28.3. The van der Waals surface area contributed by atoms with Crippen LogP contribution in [0.15, 0.2) is 65.1 Å². The van der Waals surface area contributed by atoms with E-state index in [4.69, 9.17) is 23.4 Å². The number of hydrogen-bond donors (Lipinski definition) is 0. The van der Waals surface area contributed by atoms with Crippen molar-refractivity contribution in [3.63, 3.8) is 0 Å². The Morgan fingerprint density at radius 2 is 1.89 bits per heavy atom. The first-order valence-electron chi connectivity index (χ1n) is 11.3. The Balaban J connectivity index is 1.52. The molecule has 0 fully saturated rings. The van der Waals surface area contributed by atoms with Gasteiger partial charge < -0.3 is 28.3 Å². The van der Waals surface area contributed by atoms with Crippen molar-refractivity contribution in [2.45, 2.75) is 25.6 Å². The molecule has 0 amide bonds. The number of benzene rings is 3. The van der Waals surface area contributed by atoms with E-state index in [9.17, 15) is 4.79 Å². The van der Waals surface area contributed by atoms with E-state index < -0.39 is 6.04 Å². The van der Waals surface area contributed by atoms with E-state index >= 15 is 0 Å². The molecule has 8 nitrogen and oxygen atoms in total. The zero-order valence-electron chi connectivity index (χ0n) is 19.8. The third kappa shape index (κ3) is 4.35. The van der Waals surface area contributed by atoms with E-state index in [0.29, 0.717) is 53.9 Å². The highest BCUT2D eigenvalue weighted by molar-refractivity contribution is 5.82. The smallest absolute Gasteiger partial charge is 0.329 e. The van der Waals surface area contributed by atoms with Crippen LogP contribution in [0, 0.1) is 0 Å². The Morgan fingerprint density at radius 1 is 1.06 bits per heavy atom. The minimum atomic E-state index is -0.645. The van der Waals surface area contributed by atoms with E-state index in [1.165, 1.54) is 7.11 Å². The number of fused-ring (bicyclic) bond motifs is 2. The molecule has 0 N–H and O–H groups in total. The number of rotatable bonds is 7. The molecule has 0 bridgehead atoms. The zero-order chi connectivity index (χ0) is 24.4. The van der Waals surface area contributed by atoms with E-state index in [1.54, 1.807) is 20.3 Å². The van der Waals surface area contributed by atoms with Crippen molar-refractivity contribution in [2.24, 2.45) is 0 Å². The molecule has 35 heavy (non-hydrogen) atoms. The lowest BCUT2D eigenvalue weighted by Crippen LogP contribution is -2.46. The molecule has 1 aromatic heterocycles. The van der Waals surface area contributed by atoms with Gasteiger partial charge in [-0.05, 0) is 29.3 Å². The molecule has 1 atom stereocenters. The van der Waals surface area contributed by atoms with Gasteiger partial charge in [-0.3, -0.25) is 0 Å². The predicted molar refractivity (Wildman–Crippen MR) is 130 cm³/mol. The average molecular weight is 475 g/mol. The fourth-order valence-corrected chi connectivity index (χ4v) is 4.36. The minimum absolute atomic E-state index is 0.344. The highest BCUT2D eigenvalue weighted by atomic mass is 16.5. The lowest BCUT2D eigenvalue weighted by atomic mass is 9.92. The van der Waals surface area contributed by atoms with Crippen molar-refractivity contribution in [1.82, 2.24) is 4.98 Å². The standard InChI is InChI=1S/C27H26N2O6/c1-31-19-10-11-21-24(13-19)35-27(28-21)29-15-18-9-12-23(32-2)25(20(18)14-22(29)26(30)33-3)34-16-17-7-5-4-6-8-17/h4-13,22H,14-16H2,1-3H3. The number of nitrogens with zero attached hydrogens (tertiary/aromatic N) is 2. The second-order valence-corrected chi connectivity index (χ2v) is 8.21. The summed E-state index contributed by atoms with van der Waals surface area (Å²) in [6, 6.07) is 18.9. The summed E-state index contributed by atoms with van der Waals surface area (Å²) in [4.78, 5) is 19.3. The molecule has 8 heteroatoms. The summed E-state index contributed by atoms with van der Waals surface area (Å²) in [6.45, 7) is 0.776. The van der Waals surface area contributed by atoms with Gasteiger partial charge in [-0.1, -0.05) is 36.4 Å². The normalized spacial score (nSPS) is 14.9. The molecule has 0 saturated heterocycles. The Bertz CT molecular complexity index is 1350. The zero-order valence-corrected chi connectivity index (χ0v) is 19.8. The summed E-state index contributed by atoms with van der Waals surface area (Å²) in [5, 5.41) is 0. The number of aromatic nitrogens is 1. The molecule has 3 aromatic carbocycles. The van der Waals surface area contributed by atoms with Crippen LogP contribution in [-0.4, -0.2) is 38.3 Å². The molecule has 5 rings (SSSR count). The van der Waals surface area contributed by atoms with Crippen LogP contribution >= 0.6 is 0 Å². The van der Waals surface area contributed by atoms with Crippen LogP contribution in [-0.2, 0) is 29.1 Å². The third-order valence-corrected chi connectivity index (χ3v) is 6.18. The van der Waals surface area contributed by atoms with Crippen molar-refractivity contribution in [2.75, 3.05) is 26.2 Å². The largest absolute Gasteiger partial charge is 0.497 e. The maximum atomic E-state index is 12.9. The van der Waals surface area contributed by atoms with Gasteiger partial charge in [0.15, 0.2) is 17.1 Å². The number of carbonyl (C=O) groups is 1. The fraction of sp³-hybridized carbons (Fsp3) is 0.259. The first kappa shape index (κ1) is 22.6. The molecule has 1 aliphatic heterocycles. The number of carbonyl (C=O) groups excluding carboxylic acids is 1. The van der Waals surface area contributed by atoms with Crippen LogP contribution in [0.2, 0.25) is 0 Å². The van der Waals surface area contributed by atoms with E-state index in [1.807, 2.05) is 59.5 Å². The summed E-state index contributed by atoms with van der Waals surface area (Å²) in [7, 11) is 4.58. The molecule has 0 saturated carbocycles. The van der Waals surface area contributed by atoms with Crippen molar-refractivity contribution in [3.8, 4) is 17.2 Å². The average Bonchev–Trinajstić information content (AvgIpc) is 3.34. The topological polar surface area (TPSA) is 83.3 Å². The maximum Gasteiger partial charge on any atom is 0.329 e. The van der Waals surface area contributed by atoms with Crippen molar-refractivity contribution >= 4 is 23.1 Å². The maximum absolute atomic E-state index is 12.9. The van der Waals surface area contributed by atoms with Crippen LogP contribution in [0.3, 0.4) is 0 Å². The van der Waals surface area contributed by atoms with Gasteiger partial charge in [-0.25, -0.2) is 4.79 Å². The number of ether oxygens (including phenoxy) is 4. The molecule has 2 heterocycles. The first-order valence-corrected chi connectivity index (χ1v) is 11.3. The van der Waals surface area contributed by atoms with Crippen LogP contribution in [0.5, 0.6) is 17.2 Å². The van der Waals surface area contributed by atoms with Gasteiger partial charge in [0.1, 0.15) is 23.9 Å². The third-order valence-electron chi connectivity index (χ3n) is 6.18. The number of oxazole rings is 1. The lowest BCUT2D eigenvalue weighted by molar-refractivity contribution is -0.142. The second kappa shape index (κ2) is 9.58. The number of hydrogen-bond acceptors (Lipinski definition) is 8. The quantitative estimate of drug-likeness (QED) is 0.362. The van der Waals surface area contributed by atoms with E-state index in [2.05, 4.69) is 4.98 Å². The van der Waals surface area contributed by atoms with E-state index in [-0.39, 0.29) is 5.97 Å². The summed E-state index contributed by atoms with van der Waals surface area (Å²) >= 11 is 0. The van der Waals surface area contributed by atoms with Gasteiger partial charge >= 0.3 is 5.97 Å². The van der Waals surface area contributed by atoms with Crippen molar-refractivity contribution < 1.29 is 28.2 Å². The lowest BCUT2D eigenvalue weighted by Gasteiger charge is -2.35. The van der Waals surface area contributed by atoms with Crippen molar-refractivity contribution in [1.29, 1.82) is 0 Å². The molecule has 180 valence electrons. The Kier molecular flexibility index (Phi) is 6.18. The molecule has 0 radical (unpaired) electrons. The highest BCUT2D eigenvalue weighted by Gasteiger charge is 2.37. The summed E-state index contributed by atoms with van der Waals surface area (Å²) in [5.74, 6) is 1.53. The number of methoxy groups -OCH3 is 3. The predicted octanol–water partition coefficient (Wildman–Crippen LogP) is 4.53. The summed E-state index contributed by atoms with van der Waals surface area (Å²) in [5.41, 5.74) is 4.20. The molecule has 1 aliphatic rings. The monoisotopic (exact) mass is 474 g/mol. The minimum Gasteiger partial charge on any atom is -0.497 e. The van der Waals surface area contributed by atoms with Gasteiger partial charge in [0.05, 0.1) is 21.3 Å². The molecule has 1 unspecified atom stereocenters. The SMILES string of the molecule is COC(=O)C1Cc2c(ccc(OC)c2OCc2ccccc2)CN1c1nc2ccc(OC)cc2o1. The Morgan fingerprint density at radius 3 is 2.63 bits per heavy atom. The first-order chi connectivity index (χ1) is 17.1. The van der Waals surface area contributed by atoms with Gasteiger partial charge in [-0.15, -0.1) is 0 Å². The van der Waals surface area contributed by atoms with Gasteiger partial charge in [-0.2, -0.15) is 4.98 Å². The van der Waals surface area contributed by atoms with E-state index in [0.717, 1.165) is 16.7 Å². The van der Waals surface area contributed by atoms with Crippen LogP contribution in [0.25, 0.3) is 11.1 Å². The van der Waals surface area contributed by atoms with Gasteiger partial charge in [0, 0.05) is 24.6 Å². The highest BCUT2D eigenvalue weighted by Crippen LogP contribution is 2.40. The molecule has 0 aliphatic carbocycles. The van der Waals surface area contributed by atoms with Crippen molar-refractivity contribution in [3.05, 3.63) is 77.4 Å².